The number of hydrogen-bond acceptors (Lipinski definition) is 2. The summed E-state index contributed by atoms with van der Waals surface area (Å²) >= 11 is 3.52. The molecule has 0 fully saturated rings. The Bertz CT molecular complexity index is 595. The number of fused-ring (bicyclic) bond motifs is 1. The van der Waals surface area contributed by atoms with E-state index in [1.807, 2.05) is 31.3 Å². The molecule has 5 heteroatoms. The zero-order valence-electron chi connectivity index (χ0n) is 11.4. The molecule has 2 rings (SSSR count). The summed E-state index contributed by atoms with van der Waals surface area (Å²) in [5.74, 6) is -0.0121. The van der Waals surface area contributed by atoms with Crippen molar-refractivity contribution in [1.29, 1.82) is 0 Å². The third kappa shape index (κ3) is 3.41. The molecule has 20 heavy (non-hydrogen) atoms. The fourth-order valence-electron chi connectivity index (χ4n) is 2.33. The lowest BCUT2D eigenvalue weighted by molar-refractivity contribution is -0.121. The van der Waals surface area contributed by atoms with Crippen LogP contribution in [0.3, 0.4) is 0 Å². The van der Waals surface area contributed by atoms with Gasteiger partial charge in [-0.2, -0.15) is 0 Å². The van der Waals surface area contributed by atoms with E-state index < -0.39 is 0 Å². The number of amides is 1. The second kappa shape index (κ2) is 6.90. The molecule has 1 amide bonds. The minimum Gasteiger partial charge on any atom is -0.396 e. The molecule has 4 nitrogen and oxygen atoms in total. The summed E-state index contributed by atoms with van der Waals surface area (Å²) < 4.78 is 0.987. The second-order valence-corrected chi connectivity index (χ2v) is 5.69. The molecule has 1 heterocycles. The number of aliphatic hydroxyl groups is 1. The predicted octanol–water partition coefficient (Wildman–Crippen LogP) is 2.75. The highest BCUT2D eigenvalue weighted by molar-refractivity contribution is 9.10. The van der Waals surface area contributed by atoms with E-state index in [9.17, 15) is 4.79 Å². The maximum absolute atomic E-state index is 12.1. The number of hydrogen-bond donors (Lipinski definition) is 3. The largest absolute Gasteiger partial charge is 0.396 e. The number of nitrogens with one attached hydrogen (secondary N) is 2. The zero-order chi connectivity index (χ0) is 14.5. The quantitative estimate of drug-likeness (QED) is 0.758. The molecule has 1 aromatic heterocycles. The molecule has 0 spiro atoms. The highest BCUT2D eigenvalue weighted by Gasteiger charge is 2.14. The van der Waals surface area contributed by atoms with E-state index in [0.717, 1.165) is 27.4 Å². The topological polar surface area (TPSA) is 65.1 Å². The van der Waals surface area contributed by atoms with Gasteiger partial charge in [-0.15, -0.1) is 0 Å². The van der Waals surface area contributed by atoms with Gasteiger partial charge >= 0.3 is 0 Å². The highest BCUT2D eigenvalue weighted by atomic mass is 79.9. The van der Waals surface area contributed by atoms with E-state index >= 15 is 0 Å². The molecule has 0 saturated heterocycles. The lowest BCUT2D eigenvalue weighted by atomic mass is 10.1. The molecule has 2 aromatic rings. The van der Waals surface area contributed by atoms with Gasteiger partial charge in [-0.25, -0.2) is 0 Å². The Kier molecular flexibility index (Phi) is 5.20. The molecule has 0 radical (unpaired) electrons. The summed E-state index contributed by atoms with van der Waals surface area (Å²) in [6.45, 7) is 2.10. The van der Waals surface area contributed by atoms with Crippen molar-refractivity contribution in [1.82, 2.24) is 10.3 Å². The van der Waals surface area contributed by atoms with E-state index in [1.54, 1.807) is 0 Å². The molecule has 0 saturated carbocycles. The molecule has 3 N–H and O–H groups in total. The van der Waals surface area contributed by atoms with E-state index in [4.69, 9.17) is 5.11 Å². The van der Waals surface area contributed by atoms with Crippen molar-refractivity contribution in [3.05, 3.63) is 34.4 Å². The number of carbonyl (C=O) groups is 1. The van der Waals surface area contributed by atoms with E-state index in [1.165, 1.54) is 0 Å². The van der Waals surface area contributed by atoms with E-state index in [-0.39, 0.29) is 18.6 Å². The van der Waals surface area contributed by atoms with Crippen molar-refractivity contribution in [2.24, 2.45) is 0 Å². The van der Waals surface area contributed by atoms with Crippen molar-refractivity contribution in [3.63, 3.8) is 0 Å². The Balaban J connectivity index is 2.10. The average molecular weight is 339 g/mol. The van der Waals surface area contributed by atoms with Crippen LogP contribution >= 0.6 is 15.9 Å². The van der Waals surface area contributed by atoms with Crippen molar-refractivity contribution in [3.8, 4) is 0 Å². The Morgan fingerprint density at radius 2 is 2.30 bits per heavy atom. The SMILES string of the molecule is CCC(CCO)NC(=O)Cc1c[nH]c2cccc(Br)c12. The Hall–Kier alpha value is -1.33. The minimum absolute atomic E-state index is 0.0121. The molecule has 1 unspecified atom stereocenters. The minimum atomic E-state index is -0.0121. The van der Waals surface area contributed by atoms with E-state index in [0.29, 0.717) is 12.8 Å². The van der Waals surface area contributed by atoms with Crippen LogP contribution in [0.2, 0.25) is 0 Å². The summed E-state index contributed by atoms with van der Waals surface area (Å²) in [6.07, 6.45) is 3.64. The molecular formula is C15H19BrN2O2. The summed E-state index contributed by atoms with van der Waals surface area (Å²) in [6, 6.07) is 5.96. The Morgan fingerprint density at radius 3 is 3.00 bits per heavy atom. The molecule has 0 aliphatic heterocycles. The third-order valence-corrected chi connectivity index (χ3v) is 4.08. The monoisotopic (exact) mass is 338 g/mol. The standard InChI is InChI=1S/C15H19BrN2O2/c1-2-11(6-7-19)18-14(20)8-10-9-17-13-5-3-4-12(16)15(10)13/h3-5,9,11,17,19H,2,6-8H2,1H3,(H,18,20). The first-order valence-corrected chi connectivity index (χ1v) is 7.59. The van der Waals surface area contributed by atoms with Crippen molar-refractivity contribution < 1.29 is 9.90 Å². The fraction of sp³-hybridized carbons (Fsp3) is 0.400. The number of rotatable bonds is 6. The van der Waals surface area contributed by atoms with Crippen LogP contribution < -0.4 is 5.32 Å². The average Bonchev–Trinajstić information content (AvgIpc) is 2.82. The molecule has 1 aromatic carbocycles. The Morgan fingerprint density at radius 1 is 1.50 bits per heavy atom. The number of halogens is 1. The fourth-order valence-corrected chi connectivity index (χ4v) is 2.95. The lowest BCUT2D eigenvalue weighted by Gasteiger charge is -2.15. The van der Waals surface area contributed by atoms with Crippen molar-refractivity contribution in [2.45, 2.75) is 32.2 Å². The number of carbonyl (C=O) groups excluding carboxylic acids is 1. The van der Waals surface area contributed by atoms with Gasteiger partial charge in [0.25, 0.3) is 0 Å². The van der Waals surface area contributed by atoms with Crippen LogP contribution in [0.1, 0.15) is 25.3 Å². The van der Waals surface area contributed by atoms with Gasteiger partial charge in [-0.1, -0.05) is 28.9 Å². The van der Waals surface area contributed by atoms with Gasteiger partial charge in [-0.3, -0.25) is 4.79 Å². The highest BCUT2D eigenvalue weighted by Crippen LogP contribution is 2.27. The normalized spacial score (nSPS) is 12.6. The molecular weight excluding hydrogens is 320 g/mol. The van der Waals surface area contributed by atoms with Crippen molar-refractivity contribution in [2.75, 3.05) is 6.61 Å². The van der Waals surface area contributed by atoms with E-state index in [2.05, 4.69) is 26.2 Å². The van der Waals surface area contributed by atoms with Gasteiger partial charge in [0.2, 0.25) is 5.91 Å². The third-order valence-electron chi connectivity index (χ3n) is 3.42. The maximum atomic E-state index is 12.1. The molecule has 0 aliphatic rings. The number of H-pyrrole nitrogens is 1. The molecule has 1 atom stereocenters. The number of aromatic amines is 1. The van der Waals surface area contributed by atoms with Crippen LogP contribution in [0.15, 0.2) is 28.9 Å². The van der Waals surface area contributed by atoms with Crippen molar-refractivity contribution >= 4 is 32.7 Å². The van der Waals surface area contributed by atoms with Crippen LogP contribution in [0.5, 0.6) is 0 Å². The first-order valence-electron chi connectivity index (χ1n) is 6.80. The summed E-state index contributed by atoms with van der Waals surface area (Å²) in [7, 11) is 0. The van der Waals surface area contributed by atoms with Gasteiger partial charge < -0.3 is 15.4 Å². The number of aliphatic hydroxyl groups excluding tert-OH is 1. The van der Waals surface area contributed by atoms with Gasteiger partial charge in [-0.05, 0) is 30.5 Å². The van der Waals surface area contributed by atoms with Gasteiger partial charge in [0, 0.05) is 34.2 Å². The molecule has 0 bridgehead atoms. The first-order chi connectivity index (χ1) is 9.65. The van der Waals surface area contributed by atoms with Crippen LogP contribution in [0.4, 0.5) is 0 Å². The number of benzene rings is 1. The predicted molar refractivity (Wildman–Crippen MR) is 83.6 cm³/mol. The summed E-state index contributed by atoms with van der Waals surface area (Å²) in [4.78, 5) is 15.3. The van der Waals surface area contributed by atoms with Gasteiger partial charge in [0.1, 0.15) is 0 Å². The zero-order valence-corrected chi connectivity index (χ0v) is 13.0. The number of aromatic nitrogens is 1. The van der Waals surface area contributed by atoms with Crippen LogP contribution in [0, 0.1) is 0 Å². The summed E-state index contributed by atoms with van der Waals surface area (Å²) in [5.41, 5.74) is 1.99. The Labute approximate surface area is 126 Å². The maximum Gasteiger partial charge on any atom is 0.224 e. The smallest absolute Gasteiger partial charge is 0.224 e. The molecule has 0 aliphatic carbocycles. The van der Waals surface area contributed by atoms with Crippen LogP contribution in [-0.2, 0) is 11.2 Å². The second-order valence-electron chi connectivity index (χ2n) is 4.84. The van der Waals surface area contributed by atoms with Gasteiger partial charge in [0.05, 0.1) is 6.42 Å². The van der Waals surface area contributed by atoms with Crippen LogP contribution in [-0.4, -0.2) is 28.6 Å². The first kappa shape index (κ1) is 15.1. The van der Waals surface area contributed by atoms with Crippen LogP contribution in [0.25, 0.3) is 10.9 Å². The summed E-state index contributed by atoms with van der Waals surface area (Å²) in [5, 5.41) is 13.0. The lowest BCUT2D eigenvalue weighted by Crippen LogP contribution is -2.36. The molecule has 108 valence electrons. The van der Waals surface area contributed by atoms with Gasteiger partial charge in [0.15, 0.2) is 0 Å².